The summed E-state index contributed by atoms with van der Waals surface area (Å²) in [5.41, 5.74) is 3.89. The molecule has 4 rings (SSSR count). The van der Waals surface area contributed by atoms with Crippen molar-refractivity contribution in [3.63, 3.8) is 0 Å². The largest absolute Gasteiger partial charge is 0.481 e. The van der Waals surface area contributed by atoms with E-state index in [0.717, 1.165) is 17.5 Å². The zero-order valence-corrected chi connectivity index (χ0v) is 19.7. The molecule has 180 valence electrons. The average Bonchev–Trinajstić information content (AvgIpc) is 2.92. The number of pyridine rings is 2. The van der Waals surface area contributed by atoms with Gasteiger partial charge in [-0.1, -0.05) is 36.4 Å². The minimum absolute atomic E-state index is 0.217. The van der Waals surface area contributed by atoms with E-state index < -0.39 is 0 Å². The van der Waals surface area contributed by atoms with E-state index in [1.807, 2.05) is 24.3 Å². The summed E-state index contributed by atoms with van der Waals surface area (Å²) in [7, 11) is 1.53. The van der Waals surface area contributed by atoms with Crippen molar-refractivity contribution < 1.29 is 13.9 Å². The van der Waals surface area contributed by atoms with Gasteiger partial charge in [-0.15, -0.1) is 0 Å². The number of nitrogens with one attached hydrogen (secondary N) is 1. The molecule has 0 aliphatic heterocycles. The van der Waals surface area contributed by atoms with Crippen LogP contribution in [0.5, 0.6) is 5.88 Å². The molecule has 0 fully saturated rings. The standard InChI is InChI=1S/C28H24FN5O2/c1-36-28-22(8-5-14-32-28)18-34(19-35)26-12-11-25(24-10-3-2-7-21(24)17-30)33-27(26)31-15-13-20-6-4-9-23(29)16-20/h2-12,14,16,19H,13,15,18H2,1H3,(H,31,33). The zero-order chi connectivity index (χ0) is 25.3. The molecule has 0 unspecified atom stereocenters. The predicted molar refractivity (Wildman–Crippen MR) is 136 cm³/mol. The smallest absolute Gasteiger partial charge is 0.218 e. The first-order valence-electron chi connectivity index (χ1n) is 11.3. The Morgan fingerprint density at radius 3 is 2.75 bits per heavy atom. The van der Waals surface area contributed by atoms with Crippen LogP contribution in [0.4, 0.5) is 15.9 Å². The topological polar surface area (TPSA) is 91.1 Å². The number of nitriles is 1. The van der Waals surface area contributed by atoms with Crippen molar-refractivity contribution in [1.82, 2.24) is 9.97 Å². The fourth-order valence-electron chi connectivity index (χ4n) is 3.88. The Morgan fingerprint density at radius 1 is 1.11 bits per heavy atom. The highest BCUT2D eigenvalue weighted by Crippen LogP contribution is 2.31. The SMILES string of the molecule is COc1ncccc1CN(C=O)c1ccc(-c2ccccc2C#N)nc1NCCc1cccc(F)c1. The van der Waals surface area contributed by atoms with Gasteiger partial charge in [-0.3, -0.25) is 4.79 Å². The van der Waals surface area contributed by atoms with Crippen LogP contribution in [0.3, 0.4) is 0 Å². The maximum absolute atomic E-state index is 13.6. The Balaban J connectivity index is 1.68. The molecule has 1 N–H and O–H groups in total. The number of halogens is 1. The predicted octanol–water partition coefficient (Wildman–Crippen LogP) is 4.98. The minimum atomic E-state index is -0.293. The molecule has 0 aliphatic carbocycles. The molecule has 4 aromatic rings. The van der Waals surface area contributed by atoms with Crippen molar-refractivity contribution in [3.05, 3.63) is 102 Å². The van der Waals surface area contributed by atoms with Crippen LogP contribution in [0.2, 0.25) is 0 Å². The second kappa shape index (κ2) is 11.6. The first-order valence-corrected chi connectivity index (χ1v) is 11.3. The Labute approximate surface area is 208 Å². The first-order chi connectivity index (χ1) is 17.6. The van der Waals surface area contributed by atoms with E-state index in [0.29, 0.717) is 47.2 Å². The molecular weight excluding hydrogens is 457 g/mol. The fraction of sp³-hybridized carbons (Fsp3) is 0.143. The van der Waals surface area contributed by atoms with Crippen molar-refractivity contribution in [3.8, 4) is 23.2 Å². The summed E-state index contributed by atoms with van der Waals surface area (Å²) in [5, 5.41) is 12.8. The van der Waals surface area contributed by atoms with E-state index in [-0.39, 0.29) is 12.4 Å². The molecule has 0 saturated heterocycles. The van der Waals surface area contributed by atoms with E-state index >= 15 is 0 Å². The molecule has 0 atom stereocenters. The number of amides is 1. The van der Waals surface area contributed by atoms with Gasteiger partial charge in [-0.05, 0) is 48.4 Å². The molecular formula is C28H24FN5O2. The van der Waals surface area contributed by atoms with E-state index in [1.54, 1.807) is 42.6 Å². The van der Waals surface area contributed by atoms with Crippen LogP contribution in [0.25, 0.3) is 11.3 Å². The summed E-state index contributed by atoms with van der Waals surface area (Å²) in [6.07, 6.45) is 2.90. The average molecular weight is 482 g/mol. The molecule has 2 heterocycles. The Bertz CT molecular complexity index is 1400. The van der Waals surface area contributed by atoms with Crippen molar-refractivity contribution in [2.75, 3.05) is 23.9 Å². The van der Waals surface area contributed by atoms with Gasteiger partial charge < -0.3 is 15.0 Å². The summed E-state index contributed by atoms with van der Waals surface area (Å²) >= 11 is 0. The summed E-state index contributed by atoms with van der Waals surface area (Å²) in [6, 6.07) is 23.0. The molecule has 36 heavy (non-hydrogen) atoms. The molecule has 0 aliphatic rings. The Morgan fingerprint density at radius 2 is 1.97 bits per heavy atom. The number of carbonyl (C=O) groups is 1. The van der Waals surface area contributed by atoms with Crippen LogP contribution in [0, 0.1) is 17.1 Å². The van der Waals surface area contributed by atoms with Crippen molar-refractivity contribution >= 4 is 17.9 Å². The number of ether oxygens (including phenoxy) is 1. The third kappa shape index (κ3) is 5.65. The lowest BCUT2D eigenvalue weighted by atomic mass is 10.0. The van der Waals surface area contributed by atoms with Gasteiger partial charge in [0.05, 0.1) is 36.7 Å². The molecule has 0 spiro atoms. The number of hydrogen-bond donors (Lipinski definition) is 1. The lowest BCUT2D eigenvalue weighted by molar-refractivity contribution is -0.107. The molecule has 8 heteroatoms. The van der Waals surface area contributed by atoms with Crippen molar-refractivity contribution in [2.45, 2.75) is 13.0 Å². The maximum Gasteiger partial charge on any atom is 0.218 e. The molecule has 1 amide bonds. The third-order valence-electron chi connectivity index (χ3n) is 5.61. The molecule has 7 nitrogen and oxygen atoms in total. The van der Waals surface area contributed by atoms with E-state index in [9.17, 15) is 14.4 Å². The van der Waals surface area contributed by atoms with Gasteiger partial charge in [0.25, 0.3) is 0 Å². The molecule has 2 aromatic carbocycles. The summed E-state index contributed by atoms with van der Waals surface area (Å²) in [6.45, 7) is 0.671. The van der Waals surface area contributed by atoms with Crippen LogP contribution >= 0.6 is 0 Å². The van der Waals surface area contributed by atoms with Crippen LogP contribution in [0.15, 0.2) is 79.0 Å². The molecule has 0 saturated carbocycles. The summed E-state index contributed by atoms with van der Waals surface area (Å²) in [5.74, 6) is 0.600. The number of carbonyl (C=O) groups excluding carboxylic acids is 1. The van der Waals surface area contributed by atoms with Crippen LogP contribution < -0.4 is 15.0 Å². The van der Waals surface area contributed by atoms with Crippen LogP contribution in [-0.2, 0) is 17.8 Å². The van der Waals surface area contributed by atoms with Crippen LogP contribution in [-0.4, -0.2) is 30.0 Å². The van der Waals surface area contributed by atoms with E-state index in [4.69, 9.17) is 9.72 Å². The van der Waals surface area contributed by atoms with Crippen molar-refractivity contribution in [2.24, 2.45) is 0 Å². The number of anilines is 2. The molecule has 2 aromatic heterocycles. The summed E-state index contributed by atoms with van der Waals surface area (Å²) in [4.78, 5) is 22.7. The van der Waals surface area contributed by atoms with Gasteiger partial charge in [-0.2, -0.15) is 5.26 Å². The van der Waals surface area contributed by atoms with E-state index in [1.165, 1.54) is 24.1 Å². The Kier molecular flexibility index (Phi) is 7.83. The fourth-order valence-corrected chi connectivity index (χ4v) is 3.88. The van der Waals surface area contributed by atoms with Gasteiger partial charge in [-0.25, -0.2) is 14.4 Å². The van der Waals surface area contributed by atoms with E-state index in [2.05, 4.69) is 16.4 Å². The number of rotatable bonds is 10. The van der Waals surface area contributed by atoms with Gasteiger partial charge in [0, 0.05) is 23.9 Å². The third-order valence-corrected chi connectivity index (χ3v) is 5.61. The minimum Gasteiger partial charge on any atom is -0.481 e. The second-order valence-electron chi connectivity index (χ2n) is 7.93. The van der Waals surface area contributed by atoms with Gasteiger partial charge in [0.1, 0.15) is 5.82 Å². The maximum atomic E-state index is 13.6. The normalized spacial score (nSPS) is 10.4. The number of benzene rings is 2. The lowest BCUT2D eigenvalue weighted by Gasteiger charge is -2.22. The van der Waals surface area contributed by atoms with Gasteiger partial charge >= 0.3 is 0 Å². The summed E-state index contributed by atoms with van der Waals surface area (Å²) < 4.78 is 18.9. The number of methoxy groups -OCH3 is 1. The molecule has 0 bridgehead atoms. The highest BCUT2D eigenvalue weighted by atomic mass is 19.1. The highest BCUT2D eigenvalue weighted by Gasteiger charge is 2.17. The molecule has 0 radical (unpaired) electrons. The first kappa shape index (κ1) is 24.4. The quantitative estimate of drug-likeness (QED) is 0.321. The van der Waals surface area contributed by atoms with Gasteiger partial charge in [0.15, 0.2) is 5.82 Å². The van der Waals surface area contributed by atoms with Crippen LogP contribution in [0.1, 0.15) is 16.7 Å². The van der Waals surface area contributed by atoms with Crippen molar-refractivity contribution in [1.29, 1.82) is 5.26 Å². The highest BCUT2D eigenvalue weighted by molar-refractivity contribution is 5.84. The van der Waals surface area contributed by atoms with Gasteiger partial charge in [0.2, 0.25) is 12.3 Å². The number of nitrogens with zero attached hydrogens (tertiary/aromatic N) is 4. The second-order valence-corrected chi connectivity index (χ2v) is 7.93. The Hall–Kier alpha value is -4.77. The number of aromatic nitrogens is 2. The number of hydrogen-bond acceptors (Lipinski definition) is 6. The lowest BCUT2D eigenvalue weighted by Crippen LogP contribution is -2.23. The zero-order valence-electron chi connectivity index (χ0n) is 19.7. The monoisotopic (exact) mass is 481 g/mol.